The van der Waals surface area contributed by atoms with Gasteiger partial charge in [-0.05, 0) is 43.4 Å². The topological polar surface area (TPSA) is 21.3 Å². The first-order chi connectivity index (χ1) is 8.65. The van der Waals surface area contributed by atoms with Gasteiger partial charge >= 0.3 is 0 Å². The smallest absolute Gasteiger partial charge is 0.165 e. The van der Waals surface area contributed by atoms with Crippen LogP contribution in [0.25, 0.3) is 0 Å². The average Bonchev–Trinajstić information content (AvgIpc) is 3.07. The molecule has 1 aromatic carbocycles. The quantitative estimate of drug-likeness (QED) is 0.833. The van der Waals surface area contributed by atoms with Gasteiger partial charge in [0.2, 0.25) is 0 Å². The molecule has 0 radical (unpaired) electrons. The third-order valence-electron chi connectivity index (χ3n) is 3.72. The molecule has 2 nitrogen and oxygen atoms in total. The second-order valence-corrected chi connectivity index (χ2v) is 5.17. The van der Waals surface area contributed by atoms with Gasteiger partial charge in [0.05, 0.1) is 7.11 Å². The van der Waals surface area contributed by atoms with E-state index in [9.17, 15) is 4.39 Å². The van der Waals surface area contributed by atoms with E-state index >= 15 is 0 Å². The second-order valence-electron chi connectivity index (χ2n) is 5.17. The number of nitrogens with one attached hydrogen (secondary N) is 1. The summed E-state index contributed by atoms with van der Waals surface area (Å²) in [4.78, 5) is 0. The average molecular weight is 251 g/mol. The van der Waals surface area contributed by atoms with Crippen LogP contribution in [0.5, 0.6) is 5.75 Å². The molecule has 1 aromatic rings. The Balaban J connectivity index is 1.93. The lowest BCUT2D eigenvalue weighted by molar-refractivity contribution is 0.385. The van der Waals surface area contributed by atoms with E-state index < -0.39 is 0 Å². The minimum Gasteiger partial charge on any atom is -0.494 e. The van der Waals surface area contributed by atoms with E-state index in [1.165, 1.54) is 26.4 Å². The molecule has 3 unspecified atom stereocenters. The summed E-state index contributed by atoms with van der Waals surface area (Å²) < 4.78 is 18.5. The van der Waals surface area contributed by atoms with Gasteiger partial charge < -0.3 is 10.1 Å². The van der Waals surface area contributed by atoms with Gasteiger partial charge in [0.15, 0.2) is 11.6 Å². The zero-order valence-electron chi connectivity index (χ0n) is 11.4. The highest BCUT2D eigenvalue weighted by molar-refractivity contribution is 5.31. The predicted molar refractivity (Wildman–Crippen MR) is 71.3 cm³/mol. The molecule has 1 aliphatic rings. The molecule has 1 N–H and O–H groups in total. The predicted octanol–water partition coefficient (Wildman–Crippen LogP) is 3.67. The lowest BCUT2D eigenvalue weighted by atomic mass is 10.1. The molecular formula is C15H22FNO. The van der Waals surface area contributed by atoms with Crippen LogP contribution < -0.4 is 10.1 Å². The fourth-order valence-corrected chi connectivity index (χ4v) is 2.51. The maximum absolute atomic E-state index is 13.6. The Morgan fingerprint density at radius 3 is 2.89 bits per heavy atom. The van der Waals surface area contributed by atoms with Crippen molar-refractivity contribution in [3.05, 3.63) is 29.6 Å². The summed E-state index contributed by atoms with van der Waals surface area (Å²) >= 11 is 0. The molecule has 3 heteroatoms. The molecule has 1 saturated carbocycles. The largest absolute Gasteiger partial charge is 0.494 e. The van der Waals surface area contributed by atoms with Crippen molar-refractivity contribution in [2.75, 3.05) is 7.11 Å². The zero-order chi connectivity index (χ0) is 13.1. The first kappa shape index (κ1) is 13.3. The van der Waals surface area contributed by atoms with Crippen molar-refractivity contribution in [2.24, 2.45) is 5.92 Å². The van der Waals surface area contributed by atoms with Gasteiger partial charge in [-0.25, -0.2) is 4.39 Å². The SMILES string of the molecule is CCCC1CC1NC(C)c1ccc(OC)c(F)c1. The van der Waals surface area contributed by atoms with Crippen molar-refractivity contribution >= 4 is 0 Å². The standard InChI is InChI=1S/C15H22FNO/c1-4-5-12-9-14(12)17-10(2)11-6-7-15(18-3)13(16)8-11/h6-8,10,12,14,17H,4-5,9H2,1-3H3. The van der Waals surface area contributed by atoms with Gasteiger partial charge in [-0.3, -0.25) is 0 Å². The normalized spacial score (nSPS) is 23.8. The Bertz CT molecular complexity index is 407. The van der Waals surface area contributed by atoms with Crippen molar-refractivity contribution in [1.82, 2.24) is 5.32 Å². The van der Waals surface area contributed by atoms with E-state index in [0.29, 0.717) is 11.8 Å². The fraction of sp³-hybridized carbons (Fsp3) is 0.600. The molecule has 0 aromatic heterocycles. The summed E-state index contributed by atoms with van der Waals surface area (Å²) in [6, 6.07) is 5.99. The van der Waals surface area contributed by atoms with E-state index in [1.807, 2.05) is 6.07 Å². The van der Waals surface area contributed by atoms with Gasteiger partial charge in [-0.1, -0.05) is 19.4 Å². The van der Waals surface area contributed by atoms with Crippen molar-refractivity contribution in [2.45, 2.75) is 45.2 Å². The van der Waals surface area contributed by atoms with Crippen molar-refractivity contribution in [3.63, 3.8) is 0 Å². The van der Waals surface area contributed by atoms with Crippen LogP contribution in [0.15, 0.2) is 18.2 Å². The molecule has 0 saturated heterocycles. The van der Waals surface area contributed by atoms with Crippen molar-refractivity contribution < 1.29 is 9.13 Å². The lowest BCUT2D eigenvalue weighted by Crippen LogP contribution is -2.22. The number of ether oxygens (including phenoxy) is 1. The molecule has 1 aliphatic carbocycles. The summed E-state index contributed by atoms with van der Waals surface area (Å²) in [7, 11) is 1.49. The van der Waals surface area contributed by atoms with Crippen LogP contribution in [-0.2, 0) is 0 Å². The number of methoxy groups -OCH3 is 1. The summed E-state index contributed by atoms with van der Waals surface area (Å²) in [5.41, 5.74) is 0.982. The molecule has 3 atom stereocenters. The van der Waals surface area contributed by atoms with Crippen molar-refractivity contribution in [3.8, 4) is 5.75 Å². The van der Waals surface area contributed by atoms with Crippen LogP contribution >= 0.6 is 0 Å². The molecule has 1 fully saturated rings. The Morgan fingerprint density at radius 1 is 1.50 bits per heavy atom. The number of hydrogen-bond acceptors (Lipinski definition) is 2. The number of benzene rings is 1. The van der Waals surface area contributed by atoms with Crippen LogP contribution in [0, 0.1) is 11.7 Å². The Morgan fingerprint density at radius 2 is 2.28 bits per heavy atom. The summed E-state index contributed by atoms with van der Waals surface area (Å²) in [5, 5.41) is 3.56. The van der Waals surface area contributed by atoms with Gasteiger partial charge in [0, 0.05) is 12.1 Å². The highest BCUT2D eigenvalue weighted by atomic mass is 19.1. The van der Waals surface area contributed by atoms with E-state index in [0.717, 1.165) is 11.5 Å². The van der Waals surface area contributed by atoms with Crippen LogP contribution in [0.1, 0.15) is 44.7 Å². The summed E-state index contributed by atoms with van der Waals surface area (Å²) in [6.45, 7) is 4.31. The molecule has 0 bridgehead atoms. The van der Waals surface area contributed by atoms with E-state index in [-0.39, 0.29) is 11.9 Å². The highest BCUT2D eigenvalue weighted by Crippen LogP contribution is 2.36. The fourth-order valence-electron chi connectivity index (χ4n) is 2.51. The van der Waals surface area contributed by atoms with Crippen LogP contribution in [0.4, 0.5) is 4.39 Å². The molecule has 18 heavy (non-hydrogen) atoms. The molecule has 100 valence electrons. The second kappa shape index (κ2) is 5.70. The van der Waals surface area contributed by atoms with Crippen LogP contribution in [0.2, 0.25) is 0 Å². The number of rotatable bonds is 6. The van der Waals surface area contributed by atoms with Crippen LogP contribution in [-0.4, -0.2) is 13.2 Å². The zero-order valence-corrected chi connectivity index (χ0v) is 11.4. The third-order valence-corrected chi connectivity index (χ3v) is 3.72. The molecular weight excluding hydrogens is 229 g/mol. The Hall–Kier alpha value is -1.09. The first-order valence-corrected chi connectivity index (χ1v) is 6.75. The van der Waals surface area contributed by atoms with E-state index in [1.54, 1.807) is 12.1 Å². The molecule has 2 rings (SSSR count). The van der Waals surface area contributed by atoms with Crippen LogP contribution in [0.3, 0.4) is 0 Å². The number of hydrogen-bond donors (Lipinski definition) is 1. The van der Waals surface area contributed by atoms with Gasteiger partial charge in [-0.2, -0.15) is 0 Å². The Kier molecular flexibility index (Phi) is 4.23. The molecule has 0 aliphatic heterocycles. The molecule has 0 amide bonds. The van der Waals surface area contributed by atoms with Gasteiger partial charge in [0.25, 0.3) is 0 Å². The van der Waals surface area contributed by atoms with Crippen molar-refractivity contribution in [1.29, 1.82) is 0 Å². The third kappa shape index (κ3) is 3.02. The maximum Gasteiger partial charge on any atom is 0.165 e. The lowest BCUT2D eigenvalue weighted by Gasteiger charge is -2.15. The molecule has 0 heterocycles. The minimum absolute atomic E-state index is 0.192. The Labute approximate surface area is 109 Å². The maximum atomic E-state index is 13.6. The van der Waals surface area contributed by atoms with Gasteiger partial charge in [-0.15, -0.1) is 0 Å². The highest BCUT2D eigenvalue weighted by Gasteiger charge is 2.36. The van der Waals surface area contributed by atoms with E-state index in [2.05, 4.69) is 19.2 Å². The molecule has 0 spiro atoms. The summed E-state index contributed by atoms with van der Waals surface area (Å²) in [6.07, 6.45) is 3.80. The van der Waals surface area contributed by atoms with E-state index in [4.69, 9.17) is 4.74 Å². The summed E-state index contributed by atoms with van der Waals surface area (Å²) in [5.74, 6) is 0.839. The monoisotopic (exact) mass is 251 g/mol. The number of halogens is 1. The first-order valence-electron chi connectivity index (χ1n) is 6.75. The minimum atomic E-state index is -0.287. The van der Waals surface area contributed by atoms with Gasteiger partial charge in [0.1, 0.15) is 0 Å².